The Morgan fingerprint density at radius 2 is 0.662 bits per heavy atom. The van der Waals surface area contributed by atoms with E-state index in [1.807, 2.05) is 0 Å². The van der Waals surface area contributed by atoms with Crippen molar-refractivity contribution >= 4 is 17.9 Å². The lowest BCUT2D eigenvalue weighted by Crippen LogP contribution is -2.30. The minimum absolute atomic E-state index is 0.112. The third-order valence-electron chi connectivity index (χ3n) is 12.2. The van der Waals surface area contributed by atoms with E-state index in [1.54, 1.807) is 0 Å². The zero-order valence-corrected chi connectivity index (χ0v) is 42.7. The van der Waals surface area contributed by atoms with Crippen molar-refractivity contribution < 1.29 is 38.8 Å². The van der Waals surface area contributed by atoms with Crippen LogP contribution in [0.15, 0.2) is 36.5 Å². The number of allylic oxidation sites excluding steroid dienone is 4. The Labute approximate surface area is 401 Å². The molecule has 0 amide bonds. The van der Waals surface area contributed by atoms with Gasteiger partial charge in [0.05, 0.1) is 12.2 Å². The summed E-state index contributed by atoms with van der Waals surface area (Å²) in [5.74, 6) is -0.992. The fraction of sp³-hybridized carbons (Fsp3) is 0.842. The molecule has 8 nitrogen and oxygen atoms in total. The molecule has 8 heteroatoms. The molecule has 380 valence electrons. The Balaban J connectivity index is 4.47. The van der Waals surface area contributed by atoms with Gasteiger partial charge in [-0.2, -0.15) is 0 Å². The minimum Gasteiger partial charge on any atom is -0.462 e. The molecule has 65 heavy (non-hydrogen) atoms. The molecule has 3 atom stereocenters. The Morgan fingerprint density at radius 3 is 1.03 bits per heavy atom. The number of aliphatic hydroxyl groups is 2. The summed E-state index contributed by atoms with van der Waals surface area (Å²) < 4.78 is 16.8. The Bertz CT molecular complexity index is 1130. The van der Waals surface area contributed by atoms with Crippen molar-refractivity contribution in [3.63, 3.8) is 0 Å². The summed E-state index contributed by atoms with van der Waals surface area (Å²) >= 11 is 0. The lowest BCUT2D eigenvalue weighted by atomic mass is 10.1. The van der Waals surface area contributed by atoms with Gasteiger partial charge in [-0.3, -0.25) is 14.4 Å². The fourth-order valence-electron chi connectivity index (χ4n) is 7.93. The van der Waals surface area contributed by atoms with Crippen molar-refractivity contribution in [3.8, 4) is 0 Å². The molecule has 0 aliphatic rings. The molecule has 0 aromatic heterocycles. The minimum atomic E-state index is -0.818. The average molecular weight is 917 g/mol. The van der Waals surface area contributed by atoms with E-state index in [0.717, 1.165) is 148 Å². The van der Waals surface area contributed by atoms with Gasteiger partial charge in [0, 0.05) is 19.3 Å². The van der Waals surface area contributed by atoms with E-state index in [1.165, 1.54) is 89.9 Å². The predicted octanol–water partition coefficient (Wildman–Crippen LogP) is 16.0. The van der Waals surface area contributed by atoms with Gasteiger partial charge in [0.2, 0.25) is 0 Å². The summed E-state index contributed by atoms with van der Waals surface area (Å²) in [6, 6.07) is 0. The maximum absolute atomic E-state index is 12.8. The summed E-state index contributed by atoms with van der Waals surface area (Å²) in [5, 5.41) is 20.2. The van der Waals surface area contributed by atoms with E-state index in [2.05, 4.69) is 57.2 Å². The highest BCUT2D eigenvalue weighted by Crippen LogP contribution is 2.15. The van der Waals surface area contributed by atoms with Crippen LogP contribution in [0.25, 0.3) is 0 Å². The first-order chi connectivity index (χ1) is 31.8. The first-order valence-electron chi connectivity index (χ1n) is 27.6. The quantitative estimate of drug-likeness (QED) is 0.0268. The molecule has 0 aromatic rings. The Hall–Kier alpha value is -2.45. The van der Waals surface area contributed by atoms with Gasteiger partial charge in [0.1, 0.15) is 13.2 Å². The topological polar surface area (TPSA) is 119 Å². The second-order valence-corrected chi connectivity index (χ2v) is 18.8. The number of hydrogen-bond donors (Lipinski definition) is 2. The van der Waals surface area contributed by atoms with Gasteiger partial charge < -0.3 is 24.4 Å². The number of esters is 3. The molecule has 0 saturated carbocycles. The zero-order chi connectivity index (χ0) is 47.5. The first kappa shape index (κ1) is 62.5. The number of carbonyl (C=O) groups is 3. The van der Waals surface area contributed by atoms with Crippen molar-refractivity contribution in [1.29, 1.82) is 0 Å². The normalized spacial score (nSPS) is 13.2. The second-order valence-electron chi connectivity index (χ2n) is 18.8. The van der Waals surface area contributed by atoms with E-state index in [9.17, 15) is 24.6 Å². The lowest BCUT2D eigenvalue weighted by Gasteiger charge is -2.18. The second kappa shape index (κ2) is 51.0. The third-order valence-corrected chi connectivity index (χ3v) is 12.2. The van der Waals surface area contributed by atoms with Gasteiger partial charge in [-0.1, -0.05) is 198 Å². The number of hydrogen-bond acceptors (Lipinski definition) is 8. The van der Waals surface area contributed by atoms with Crippen LogP contribution in [0.2, 0.25) is 0 Å². The summed E-state index contributed by atoms with van der Waals surface area (Å²) in [6.07, 6.45) is 53.0. The SMILES string of the molecule is CCCCCCCC/C=C/CCCCCCCC(=O)OC[C@H](COC(=O)CCCCCCC/C=C\C[C@@H](O)CCCCCC)OC(=O)CCCCCCC/C=C\C[C@@H](O)CCCCCC. The van der Waals surface area contributed by atoms with Crippen molar-refractivity contribution in [2.45, 2.75) is 296 Å². The number of ether oxygens (including phenoxy) is 3. The summed E-state index contributed by atoms with van der Waals surface area (Å²) in [4.78, 5) is 38.1. The number of rotatable bonds is 50. The van der Waals surface area contributed by atoms with Crippen molar-refractivity contribution in [3.05, 3.63) is 36.5 Å². The average Bonchev–Trinajstić information content (AvgIpc) is 3.30. The summed E-state index contributed by atoms with van der Waals surface area (Å²) in [7, 11) is 0. The molecule has 0 fully saturated rings. The monoisotopic (exact) mass is 917 g/mol. The molecule has 0 aliphatic carbocycles. The molecular formula is C57H104O8. The van der Waals surface area contributed by atoms with Crippen LogP contribution in [0.4, 0.5) is 0 Å². The molecule has 2 N–H and O–H groups in total. The third kappa shape index (κ3) is 49.3. The molecule has 0 rings (SSSR count). The van der Waals surface area contributed by atoms with Gasteiger partial charge in [-0.15, -0.1) is 0 Å². The van der Waals surface area contributed by atoms with Crippen LogP contribution in [0.1, 0.15) is 278 Å². The highest BCUT2D eigenvalue weighted by Gasteiger charge is 2.19. The van der Waals surface area contributed by atoms with Crippen LogP contribution in [-0.2, 0) is 28.6 Å². The van der Waals surface area contributed by atoms with E-state index < -0.39 is 6.10 Å². The highest BCUT2D eigenvalue weighted by molar-refractivity contribution is 5.71. The van der Waals surface area contributed by atoms with Crippen LogP contribution < -0.4 is 0 Å². The van der Waals surface area contributed by atoms with E-state index in [4.69, 9.17) is 14.2 Å². The van der Waals surface area contributed by atoms with Gasteiger partial charge in [-0.25, -0.2) is 0 Å². The molecule has 0 heterocycles. The molecule has 0 unspecified atom stereocenters. The van der Waals surface area contributed by atoms with E-state index in [0.29, 0.717) is 12.8 Å². The zero-order valence-electron chi connectivity index (χ0n) is 42.7. The van der Waals surface area contributed by atoms with E-state index in [-0.39, 0.29) is 49.8 Å². The largest absolute Gasteiger partial charge is 0.462 e. The van der Waals surface area contributed by atoms with Gasteiger partial charge in [-0.05, 0) is 96.3 Å². The number of carbonyl (C=O) groups excluding carboxylic acids is 3. The first-order valence-corrected chi connectivity index (χ1v) is 27.6. The number of aliphatic hydroxyl groups excluding tert-OH is 2. The smallest absolute Gasteiger partial charge is 0.306 e. The molecule has 0 spiro atoms. The highest BCUT2D eigenvalue weighted by atomic mass is 16.6. The molecular weight excluding hydrogens is 813 g/mol. The molecule has 0 bridgehead atoms. The Morgan fingerprint density at radius 1 is 0.369 bits per heavy atom. The van der Waals surface area contributed by atoms with Crippen molar-refractivity contribution in [1.82, 2.24) is 0 Å². The van der Waals surface area contributed by atoms with Crippen LogP contribution >= 0.6 is 0 Å². The maximum Gasteiger partial charge on any atom is 0.306 e. The predicted molar refractivity (Wildman–Crippen MR) is 273 cm³/mol. The van der Waals surface area contributed by atoms with Gasteiger partial charge >= 0.3 is 17.9 Å². The van der Waals surface area contributed by atoms with Gasteiger partial charge in [0.25, 0.3) is 0 Å². The van der Waals surface area contributed by atoms with Crippen LogP contribution in [0.5, 0.6) is 0 Å². The van der Waals surface area contributed by atoms with Crippen LogP contribution in [0, 0.1) is 0 Å². The molecule has 0 saturated heterocycles. The van der Waals surface area contributed by atoms with Crippen LogP contribution in [0.3, 0.4) is 0 Å². The standard InChI is InChI=1S/C57H104O8/c1-4-7-10-13-14-15-16-17-18-19-20-21-28-33-40-47-55(60)63-50-54(65-57(62)49-42-35-30-25-23-27-32-39-46-53(59)44-37-12-9-6-3)51-64-56(61)48-41-34-29-24-22-26-31-38-45-52(58)43-36-11-8-5-2/h17-18,31-32,38-39,52-54,58-59H,4-16,19-30,33-37,40-51H2,1-3H3/b18-17+,38-31-,39-32-/t52-,53-,54+/m0/s1. The van der Waals surface area contributed by atoms with Gasteiger partial charge in [0.15, 0.2) is 6.10 Å². The fourth-order valence-corrected chi connectivity index (χ4v) is 7.93. The molecule has 0 aromatic carbocycles. The van der Waals surface area contributed by atoms with Crippen molar-refractivity contribution in [2.24, 2.45) is 0 Å². The number of unbranched alkanes of at least 4 members (excludes halogenated alkanes) is 27. The molecule has 0 radical (unpaired) electrons. The van der Waals surface area contributed by atoms with Crippen molar-refractivity contribution in [2.75, 3.05) is 13.2 Å². The molecule has 0 aliphatic heterocycles. The maximum atomic E-state index is 12.8. The summed E-state index contributed by atoms with van der Waals surface area (Å²) in [6.45, 7) is 6.43. The Kier molecular flexibility index (Phi) is 49.0. The van der Waals surface area contributed by atoms with E-state index >= 15 is 0 Å². The van der Waals surface area contributed by atoms with Crippen LogP contribution in [-0.4, -0.2) is 59.6 Å². The summed E-state index contributed by atoms with van der Waals surface area (Å²) in [5.41, 5.74) is 0. The lowest BCUT2D eigenvalue weighted by molar-refractivity contribution is -0.167.